The molecule has 0 aliphatic carbocycles. The highest BCUT2D eigenvalue weighted by molar-refractivity contribution is 7.99. The minimum Gasteiger partial charge on any atom is -0.284 e. The summed E-state index contributed by atoms with van der Waals surface area (Å²) in [5.41, 5.74) is 1.65. The Balaban J connectivity index is 1.46. The van der Waals surface area contributed by atoms with Crippen LogP contribution >= 0.6 is 34.7 Å². The monoisotopic (exact) mass is 471 g/mol. The molecule has 0 fully saturated rings. The van der Waals surface area contributed by atoms with E-state index in [-0.39, 0.29) is 11.7 Å². The third kappa shape index (κ3) is 5.81. The average Bonchev–Trinajstić information content (AvgIpc) is 3.19. The van der Waals surface area contributed by atoms with Crippen molar-refractivity contribution in [1.82, 2.24) is 9.97 Å². The van der Waals surface area contributed by atoms with Crippen molar-refractivity contribution in [2.45, 2.75) is 24.3 Å². The quantitative estimate of drug-likeness (QED) is 0.215. The van der Waals surface area contributed by atoms with Crippen LogP contribution in [0.4, 0.5) is 9.52 Å². The van der Waals surface area contributed by atoms with Crippen molar-refractivity contribution in [2.24, 2.45) is 0 Å². The highest BCUT2D eigenvalue weighted by atomic mass is 35.5. The van der Waals surface area contributed by atoms with Gasteiger partial charge in [-0.2, -0.15) is 0 Å². The Morgan fingerprint density at radius 1 is 1.10 bits per heavy atom. The van der Waals surface area contributed by atoms with Crippen molar-refractivity contribution in [3.05, 3.63) is 83.4 Å². The number of halogens is 2. The molecule has 0 saturated heterocycles. The van der Waals surface area contributed by atoms with E-state index in [1.165, 1.54) is 23.5 Å². The molecule has 0 bridgehead atoms. The first-order chi connectivity index (χ1) is 15.1. The topological polar surface area (TPSA) is 46.1 Å². The number of aromatic nitrogens is 2. The third-order valence-corrected chi connectivity index (χ3v) is 6.97. The molecular weight excluding hydrogens is 453 g/mol. The number of thioether (sulfide) groups is 1. The van der Waals surface area contributed by atoms with Gasteiger partial charge in [-0.1, -0.05) is 22.9 Å². The maximum Gasteiger partial charge on any atom is 0.229 e. The van der Waals surface area contributed by atoms with Crippen molar-refractivity contribution >= 4 is 56.0 Å². The number of amides is 1. The molecule has 0 aliphatic rings. The van der Waals surface area contributed by atoms with Gasteiger partial charge in [0.15, 0.2) is 5.13 Å². The molecule has 158 valence electrons. The molecule has 0 saturated carbocycles. The molecule has 4 rings (SSSR count). The van der Waals surface area contributed by atoms with Crippen molar-refractivity contribution in [2.75, 3.05) is 10.7 Å². The largest absolute Gasteiger partial charge is 0.284 e. The van der Waals surface area contributed by atoms with Crippen molar-refractivity contribution in [1.29, 1.82) is 0 Å². The van der Waals surface area contributed by atoms with E-state index < -0.39 is 0 Å². The Kier molecular flexibility index (Phi) is 7.17. The predicted molar refractivity (Wildman–Crippen MR) is 126 cm³/mol. The molecule has 0 spiro atoms. The van der Waals surface area contributed by atoms with Crippen molar-refractivity contribution in [3.8, 4) is 0 Å². The van der Waals surface area contributed by atoms with E-state index in [0.29, 0.717) is 28.6 Å². The van der Waals surface area contributed by atoms with E-state index in [0.717, 1.165) is 27.3 Å². The normalized spacial score (nSPS) is 11.0. The summed E-state index contributed by atoms with van der Waals surface area (Å²) >= 11 is 8.94. The van der Waals surface area contributed by atoms with Crippen LogP contribution in [0.1, 0.15) is 18.4 Å². The second-order valence-electron chi connectivity index (χ2n) is 6.85. The van der Waals surface area contributed by atoms with E-state index in [1.54, 1.807) is 35.1 Å². The summed E-state index contributed by atoms with van der Waals surface area (Å²) in [7, 11) is 0. The number of carbonyl (C=O) groups excluding carboxylic acids is 1. The number of hydrogen-bond donors (Lipinski definition) is 0. The second kappa shape index (κ2) is 10.2. The maximum atomic E-state index is 13.6. The van der Waals surface area contributed by atoms with Gasteiger partial charge in [-0.05, 0) is 72.3 Å². The van der Waals surface area contributed by atoms with Crippen LogP contribution in [0.2, 0.25) is 5.02 Å². The van der Waals surface area contributed by atoms with Crippen LogP contribution in [0.15, 0.2) is 71.9 Å². The molecule has 0 unspecified atom stereocenters. The standard InChI is InChI=1S/C23H19ClFN3OS2/c24-17-3-6-19(7-4-17)30-13-1-2-22(29)28(15-16-9-11-26-12-10-16)23-27-20-8-5-18(25)14-21(20)31-23/h3-12,14H,1-2,13,15H2. The Hall–Kier alpha value is -2.48. The second-order valence-corrected chi connectivity index (χ2v) is 9.46. The van der Waals surface area contributed by atoms with Crippen LogP contribution in [-0.4, -0.2) is 21.6 Å². The number of nitrogens with zero attached hydrogens (tertiary/aromatic N) is 3. The lowest BCUT2D eigenvalue weighted by Crippen LogP contribution is -2.30. The number of pyridine rings is 1. The van der Waals surface area contributed by atoms with Crippen LogP contribution in [0, 0.1) is 5.82 Å². The van der Waals surface area contributed by atoms with Gasteiger partial charge >= 0.3 is 0 Å². The smallest absolute Gasteiger partial charge is 0.229 e. The Bertz CT molecular complexity index is 1170. The van der Waals surface area contributed by atoms with E-state index in [9.17, 15) is 9.18 Å². The highest BCUT2D eigenvalue weighted by Crippen LogP contribution is 2.31. The van der Waals surface area contributed by atoms with Gasteiger partial charge in [0, 0.05) is 28.7 Å². The zero-order valence-electron chi connectivity index (χ0n) is 16.5. The number of carbonyl (C=O) groups is 1. The van der Waals surface area contributed by atoms with Crippen LogP contribution in [0.25, 0.3) is 10.2 Å². The van der Waals surface area contributed by atoms with Gasteiger partial charge in [-0.15, -0.1) is 11.8 Å². The molecule has 1 amide bonds. The number of hydrogen-bond acceptors (Lipinski definition) is 5. The van der Waals surface area contributed by atoms with Crippen LogP contribution in [0.3, 0.4) is 0 Å². The summed E-state index contributed by atoms with van der Waals surface area (Å²) in [6.45, 7) is 0.397. The molecule has 2 heterocycles. The Labute approximate surface area is 193 Å². The number of anilines is 1. The summed E-state index contributed by atoms with van der Waals surface area (Å²) in [6.07, 6.45) is 4.54. The molecule has 4 nitrogen and oxygen atoms in total. The fourth-order valence-electron chi connectivity index (χ4n) is 3.01. The van der Waals surface area contributed by atoms with Crippen LogP contribution in [-0.2, 0) is 11.3 Å². The van der Waals surface area contributed by atoms with Gasteiger partial charge in [-0.25, -0.2) is 9.37 Å². The number of benzene rings is 2. The summed E-state index contributed by atoms with van der Waals surface area (Å²) in [5.74, 6) is 0.503. The lowest BCUT2D eigenvalue weighted by Gasteiger charge is -2.20. The minimum atomic E-state index is -0.311. The van der Waals surface area contributed by atoms with Crippen molar-refractivity contribution < 1.29 is 9.18 Å². The molecule has 0 atom stereocenters. The number of rotatable bonds is 8. The summed E-state index contributed by atoms with van der Waals surface area (Å²) in [4.78, 5) is 24.6. The molecule has 0 aliphatic heterocycles. The molecule has 8 heteroatoms. The fourth-order valence-corrected chi connectivity index (χ4v) is 5.00. The zero-order chi connectivity index (χ0) is 21.6. The third-order valence-electron chi connectivity index (χ3n) is 4.58. The predicted octanol–water partition coefficient (Wildman–Crippen LogP) is 6.59. The first kappa shape index (κ1) is 21.7. The first-order valence-corrected chi connectivity index (χ1v) is 11.9. The summed E-state index contributed by atoms with van der Waals surface area (Å²) in [6, 6.07) is 15.9. The zero-order valence-corrected chi connectivity index (χ0v) is 18.9. The molecule has 0 radical (unpaired) electrons. The minimum absolute atomic E-state index is 0.00644. The van der Waals surface area contributed by atoms with Crippen LogP contribution in [0.5, 0.6) is 0 Å². The Morgan fingerprint density at radius 2 is 1.87 bits per heavy atom. The summed E-state index contributed by atoms with van der Waals surface area (Å²) in [5, 5.41) is 1.29. The van der Waals surface area contributed by atoms with Crippen LogP contribution < -0.4 is 4.90 Å². The molecular formula is C23H19ClFN3OS2. The van der Waals surface area contributed by atoms with Crippen molar-refractivity contribution in [3.63, 3.8) is 0 Å². The van der Waals surface area contributed by atoms with E-state index in [1.807, 2.05) is 36.4 Å². The molecule has 0 N–H and O–H groups in total. The van der Waals surface area contributed by atoms with Gasteiger partial charge in [0.25, 0.3) is 0 Å². The fraction of sp³-hybridized carbons (Fsp3) is 0.174. The maximum absolute atomic E-state index is 13.6. The SMILES string of the molecule is O=C(CCCSc1ccc(Cl)cc1)N(Cc1ccncc1)c1nc2ccc(F)cc2s1. The lowest BCUT2D eigenvalue weighted by atomic mass is 10.2. The van der Waals surface area contributed by atoms with E-state index in [2.05, 4.69) is 9.97 Å². The van der Waals surface area contributed by atoms with Gasteiger partial charge in [0.2, 0.25) is 5.91 Å². The van der Waals surface area contributed by atoms with Gasteiger partial charge < -0.3 is 0 Å². The molecule has 2 aromatic heterocycles. The van der Waals surface area contributed by atoms with Gasteiger partial charge in [0.05, 0.1) is 16.8 Å². The summed E-state index contributed by atoms with van der Waals surface area (Å²) < 4.78 is 14.3. The van der Waals surface area contributed by atoms with E-state index >= 15 is 0 Å². The number of thiazole rings is 1. The lowest BCUT2D eigenvalue weighted by molar-refractivity contribution is -0.118. The highest BCUT2D eigenvalue weighted by Gasteiger charge is 2.20. The van der Waals surface area contributed by atoms with Gasteiger partial charge in [0.1, 0.15) is 5.82 Å². The van der Waals surface area contributed by atoms with E-state index in [4.69, 9.17) is 11.6 Å². The molecule has 4 aromatic rings. The first-order valence-electron chi connectivity index (χ1n) is 9.72. The molecule has 31 heavy (non-hydrogen) atoms. The molecule has 2 aromatic carbocycles. The van der Waals surface area contributed by atoms with Gasteiger partial charge in [-0.3, -0.25) is 14.7 Å². The number of fused-ring (bicyclic) bond motifs is 1. The Morgan fingerprint density at radius 3 is 2.65 bits per heavy atom. The average molecular weight is 472 g/mol.